The van der Waals surface area contributed by atoms with E-state index in [-0.39, 0.29) is 17.5 Å². The van der Waals surface area contributed by atoms with E-state index in [0.29, 0.717) is 33.4 Å². The fourth-order valence-corrected chi connectivity index (χ4v) is 4.41. The van der Waals surface area contributed by atoms with Crippen LogP contribution in [0.4, 0.5) is 14.5 Å². The van der Waals surface area contributed by atoms with Crippen LogP contribution in [0.25, 0.3) is 17.0 Å². The highest BCUT2D eigenvalue weighted by atomic mass is 32.1. The fraction of sp³-hybridized carbons (Fsp3) is 0.115. The quantitative estimate of drug-likeness (QED) is 0.350. The first kappa shape index (κ1) is 22.7. The van der Waals surface area contributed by atoms with Crippen LogP contribution in [-0.2, 0) is 0 Å². The standard InChI is InChI=1S/C26H20F2N4O2S/c1-15-22(25-30-24(31-34-25)16-6-8-18(27)9-7-16)23(17-4-3-5-19(28)14-17)29-26(35)32(15)20-10-12-21(33-2)13-11-20/h3-14,23H,1-2H3,(H,29,35). The molecule has 1 aliphatic heterocycles. The van der Waals surface area contributed by atoms with Crippen molar-refractivity contribution in [3.63, 3.8) is 0 Å². The lowest BCUT2D eigenvalue weighted by Crippen LogP contribution is -2.46. The number of hydrogen-bond acceptors (Lipinski definition) is 5. The van der Waals surface area contributed by atoms with Gasteiger partial charge < -0.3 is 14.6 Å². The molecule has 1 aromatic heterocycles. The van der Waals surface area contributed by atoms with Crippen molar-refractivity contribution in [1.82, 2.24) is 15.5 Å². The first-order valence-electron chi connectivity index (χ1n) is 10.8. The monoisotopic (exact) mass is 490 g/mol. The zero-order chi connectivity index (χ0) is 24.5. The third-order valence-corrected chi connectivity index (χ3v) is 6.06. The van der Waals surface area contributed by atoms with E-state index in [1.807, 2.05) is 36.1 Å². The van der Waals surface area contributed by atoms with Gasteiger partial charge in [0.25, 0.3) is 5.89 Å². The van der Waals surface area contributed by atoms with Crippen LogP contribution in [0.5, 0.6) is 5.75 Å². The number of methoxy groups -OCH3 is 1. The summed E-state index contributed by atoms with van der Waals surface area (Å²) in [6.07, 6.45) is 0. The van der Waals surface area contributed by atoms with Crippen molar-refractivity contribution in [2.75, 3.05) is 12.0 Å². The first-order chi connectivity index (χ1) is 16.9. The second-order valence-corrected chi connectivity index (χ2v) is 8.29. The Bertz CT molecular complexity index is 1420. The molecule has 1 atom stereocenters. The van der Waals surface area contributed by atoms with Gasteiger partial charge in [-0.05, 0) is 85.4 Å². The Balaban J connectivity index is 1.64. The van der Waals surface area contributed by atoms with Crippen molar-refractivity contribution in [2.45, 2.75) is 13.0 Å². The summed E-state index contributed by atoms with van der Waals surface area (Å²) < 4.78 is 38.4. The van der Waals surface area contributed by atoms with Crippen LogP contribution in [0.1, 0.15) is 24.4 Å². The molecule has 176 valence electrons. The van der Waals surface area contributed by atoms with E-state index in [2.05, 4.69) is 15.5 Å². The molecule has 0 fully saturated rings. The number of thiocarbonyl (C=S) groups is 1. The second kappa shape index (κ2) is 9.27. The van der Waals surface area contributed by atoms with E-state index in [4.69, 9.17) is 21.5 Å². The number of hydrogen-bond donors (Lipinski definition) is 1. The third-order valence-electron chi connectivity index (χ3n) is 5.76. The highest BCUT2D eigenvalue weighted by Crippen LogP contribution is 2.39. The average Bonchev–Trinajstić information content (AvgIpc) is 3.34. The second-order valence-electron chi connectivity index (χ2n) is 7.90. The van der Waals surface area contributed by atoms with Crippen molar-refractivity contribution in [3.05, 3.63) is 102 Å². The smallest absolute Gasteiger partial charge is 0.258 e. The zero-order valence-corrected chi connectivity index (χ0v) is 19.6. The summed E-state index contributed by atoms with van der Waals surface area (Å²) in [5.41, 5.74) is 3.43. The Morgan fingerprint density at radius 2 is 1.74 bits per heavy atom. The summed E-state index contributed by atoms with van der Waals surface area (Å²) in [5, 5.41) is 7.83. The molecular weight excluding hydrogens is 470 g/mol. The highest BCUT2D eigenvalue weighted by molar-refractivity contribution is 7.80. The van der Waals surface area contributed by atoms with Gasteiger partial charge in [0.2, 0.25) is 5.82 Å². The number of aromatic nitrogens is 2. The SMILES string of the molecule is COc1ccc(N2C(=S)NC(c3cccc(F)c3)C(c3nc(-c4ccc(F)cc4)no3)=C2C)cc1. The third kappa shape index (κ3) is 4.38. The first-order valence-corrected chi connectivity index (χ1v) is 11.2. The summed E-state index contributed by atoms with van der Waals surface area (Å²) in [7, 11) is 1.60. The molecule has 0 spiro atoms. The molecule has 9 heteroatoms. The van der Waals surface area contributed by atoms with Crippen LogP contribution < -0.4 is 15.0 Å². The number of anilines is 1. The van der Waals surface area contributed by atoms with Gasteiger partial charge >= 0.3 is 0 Å². The van der Waals surface area contributed by atoms with Gasteiger partial charge in [-0.1, -0.05) is 17.3 Å². The van der Waals surface area contributed by atoms with Gasteiger partial charge in [0.1, 0.15) is 17.4 Å². The van der Waals surface area contributed by atoms with Gasteiger partial charge in [0.15, 0.2) is 5.11 Å². The number of benzene rings is 3. The van der Waals surface area contributed by atoms with Gasteiger partial charge in [-0.3, -0.25) is 4.90 Å². The van der Waals surface area contributed by atoms with Gasteiger partial charge in [-0.25, -0.2) is 8.78 Å². The van der Waals surface area contributed by atoms with Gasteiger partial charge in [0.05, 0.1) is 18.7 Å². The summed E-state index contributed by atoms with van der Waals surface area (Å²) >= 11 is 5.71. The van der Waals surface area contributed by atoms with Crippen molar-refractivity contribution in [2.24, 2.45) is 0 Å². The molecule has 5 rings (SSSR count). The van der Waals surface area contributed by atoms with E-state index < -0.39 is 6.04 Å². The van der Waals surface area contributed by atoms with Crippen LogP contribution >= 0.6 is 12.2 Å². The Hall–Kier alpha value is -4.11. The Labute approximate surface area is 205 Å². The summed E-state index contributed by atoms with van der Waals surface area (Å²) in [6.45, 7) is 1.89. The van der Waals surface area contributed by atoms with E-state index >= 15 is 0 Å². The molecule has 1 N–H and O–H groups in total. The minimum absolute atomic E-state index is 0.240. The van der Waals surface area contributed by atoms with E-state index in [0.717, 1.165) is 11.4 Å². The van der Waals surface area contributed by atoms with Crippen LogP contribution in [0.2, 0.25) is 0 Å². The molecule has 4 aromatic rings. The lowest BCUT2D eigenvalue weighted by Gasteiger charge is -2.37. The van der Waals surface area contributed by atoms with Gasteiger partial charge in [0, 0.05) is 16.9 Å². The molecule has 2 heterocycles. The average molecular weight is 491 g/mol. The van der Waals surface area contributed by atoms with Crippen molar-refractivity contribution >= 4 is 28.6 Å². The molecule has 0 aliphatic carbocycles. The molecule has 0 amide bonds. The zero-order valence-electron chi connectivity index (χ0n) is 18.8. The number of rotatable bonds is 5. The molecular formula is C26H20F2N4O2S. The molecule has 0 saturated heterocycles. The molecule has 0 saturated carbocycles. The lowest BCUT2D eigenvalue weighted by molar-refractivity contribution is 0.404. The number of halogens is 2. The number of ether oxygens (including phenoxy) is 1. The minimum atomic E-state index is -0.533. The maximum Gasteiger partial charge on any atom is 0.258 e. The van der Waals surface area contributed by atoms with Gasteiger partial charge in [-0.2, -0.15) is 4.98 Å². The lowest BCUT2D eigenvalue weighted by atomic mass is 9.94. The van der Waals surface area contributed by atoms with E-state index in [1.54, 1.807) is 31.4 Å². The Kier molecular flexibility index (Phi) is 6.00. The van der Waals surface area contributed by atoms with Crippen LogP contribution in [0.15, 0.2) is 83.0 Å². The molecule has 0 radical (unpaired) electrons. The Morgan fingerprint density at radius 3 is 2.43 bits per heavy atom. The van der Waals surface area contributed by atoms with E-state index in [9.17, 15) is 8.78 Å². The maximum atomic E-state index is 14.1. The summed E-state index contributed by atoms with van der Waals surface area (Å²) in [5.74, 6) is 0.529. The molecule has 1 unspecified atom stereocenters. The van der Waals surface area contributed by atoms with Crippen molar-refractivity contribution in [3.8, 4) is 17.1 Å². The predicted octanol–water partition coefficient (Wildman–Crippen LogP) is 5.89. The topological polar surface area (TPSA) is 63.4 Å². The number of nitrogens with one attached hydrogen (secondary N) is 1. The fourth-order valence-electron chi connectivity index (χ4n) is 4.05. The molecule has 1 aliphatic rings. The number of nitrogens with zero attached hydrogens (tertiary/aromatic N) is 3. The van der Waals surface area contributed by atoms with Crippen LogP contribution in [-0.4, -0.2) is 22.4 Å². The van der Waals surface area contributed by atoms with Crippen molar-refractivity contribution in [1.29, 1.82) is 0 Å². The molecule has 0 bridgehead atoms. The van der Waals surface area contributed by atoms with Crippen LogP contribution in [0.3, 0.4) is 0 Å². The number of allylic oxidation sites excluding steroid dienone is 1. The minimum Gasteiger partial charge on any atom is -0.497 e. The molecule has 35 heavy (non-hydrogen) atoms. The molecule has 3 aromatic carbocycles. The highest BCUT2D eigenvalue weighted by Gasteiger charge is 2.35. The molecule has 6 nitrogen and oxygen atoms in total. The van der Waals surface area contributed by atoms with Gasteiger partial charge in [-0.15, -0.1) is 0 Å². The van der Waals surface area contributed by atoms with Crippen molar-refractivity contribution < 1.29 is 18.0 Å². The van der Waals surface area contributed by atoms with E-state index in [1.165, 1.54) is 24.3 Å². The normalized spacial score (nSPS) is 15.8. The maximum absolute atomic E-state index is 14.1. The Morgan fingerprint density at radius 1 is 1.00 bits per heavy atom. The summed E-state index contributed by atoms with van der Waals surface area (Å²) in [6, 6.07) is 19.0. The predicted molar refractivity (Wildman–Crippen MR) is 133 cm³/mol. The summed E-state index contributed by atoms with van der Waals surface area (Å²) in [4.78, 5) is 6.43. The largest absolute Gasteiger partial charge is 0.497 e. The van der Waals surface area contributed by atoms with Crippen LogP contribution in [0, 0.1) is 11.6 Å².